The maximum absolute atomic E-state index is 13.8. The van der Waals surface area contributed by atoms with Crippen LogP contribution in [0.2, 0.25) is 0 Å². The molecule has 1 aromatic carbocycles. The third-order valence-electron chi connectivity index (χ3n) is 5.33. The van der Waals surface area contributed by atoms with Crippen LogP contribution in [0.1, 0.15) is 24.1 Å². The van der Waals surface area contributed by atoms with Gasteiger partial charge in [0.15, 0.2) is 0 Å². The Morgan fingerprint density at radius 2 is 2.00 bits per heavy atom. The number of piperazine rings is 1. The molecular weight excluding hydrogens is 359 g/mol. The lowest BCUT2D eigenvalue weighted by molar-refractivity contribution is -0.137. The Morgan fingerprint density at radius 1 is 1.18 bits per heavy atom. The zero-order valence-corrected chi connectivity index (χ0v) is 15.6. The lowest BCUT2D eigenvalue weighted by Gasteiger charge is -2.32. The minimum Gasteiger partial charge on any atom is -0.350 e. The Labute approximate surface area is 161 Å². The van der Waals surface area contributed by atoms with E-state index in [1.54, 1.807) is 18.3 Å². The Morgan fingerprint density at radius 3 is 2.75 bits per heavy atom. The molecule has 0 spiro atoms. The number of nitrogens with zero attached hydrogens (tertiary/aromatic N) is 2. The van der Waals surface area contributed by atoms with Crippen molar-refractivity contribution in [1.29, 1.82) is 0 Å². The average Bonchev–Trinajstić information content (AvgIpc) is 3.00. The van der Waals surface area contributed by atoms with Crippen LogP contribution >= 0.6 is 0 Å². The number of nitrogens with one attached hydrogen (secondary N) is 2. The molecule has 3 heterocycles. The van der Waals surface area contributed by atoms with Crippen molar-refractivity contribution < 1.29 is 14.0 Å². The van der Waals surface area contributed by atoms with Crippen LogP contribution in [0.3, 0.4) is 0 Å². The monoisotopic (exact) mass is 380 g/mol. The van der Waals surface area contributed by atoms with Crippen LogP contribution in [0.5, 0.6) is 0 Å². The summed E-state index contributed by atoms with van der Waals surface area (Å²) in [6.07, 6.45) is 3.87. The number of carbonyl (C=O) groups is 2. The van der Waals surface area contributed by atoms with Gasteiger partial charge in [0.05, 0.1) is 0 Å². The molecule has 3 atom stereocenters. The molecule has 1 fully saturated rings. The van der Waals surface area contributed by atoms with E-state index in [9.17, 15) is 14.0 Å². The smallest absolute Gasteiger partial charge is 0.243 e. The van der Waals surface area contributed by atoms with Crippen molar-refractivity contribution in [3.05, 3.63) is 65.9 Å². The maximum atomic E-state index is 13.8. The molecule has 4 rings (SSSR count). The van der Waals surface area contributed by atoms with E-state index in [0.717, 1.165) is 22.2 Å². The van der Waals surface area contributed by atoms with Crippen LogP contribution in [-0.4, -0.2) is 33.4 Å². The number of carbonyl (C=O) groups excluding carboxylic acids is 2. The van der Waals surface area contributed by atoms with E-state index in [1.165, 1.54) is 12.1 Å². The molecular formula is C21H21FN4O2. The van der Waals surface area contributed by atoms with E-state index in [0.29, 0.717) is 6.42 Å². The third-order valence-corrected chi connectivity index (χ3v) is 5.33. The van der Waals surface area contributed by atoms with E-state index < -0.39 is 12.1 Å². The molecule has 0 bridgehead atoms. The second kappa shape index (κ2) is 7.07. The van der Waals surface area contributed by atoms with Gasteiger partial charge >= 0.3 is 0 Å². The zero-order valence-electron chi connectivity index (χ0n) is 15.6. The first-order chi connectivity index (χ1) is 13.4. The van der Waals surface area contributed by atoms with Crippen molar-refractivity contribution in [1.82, 2.24) is 20.2 Å². The van der Waals surface area contributed by atoms with Gasteiger partial charge in [0.2, 0.25) is 11.8 Å². The topological polar surface area (TPSA) is 76.0 Å². The van der Waals surface area contributed by atoms with Crippen LogP contribution < -0.4 is 10.6 Å². The van der Waals surface area contributed by atoms with Crippen molar-refractivity contribution >= 4 is 22.7 Å². The molecule has 6 nitrogen and oxygen atoms in total. The second-order valence-electron chi connectivity index (χ2n) is 7.22. The molecule has 2 amide bonds. The number of fused-ring (bicyclic) bond motifs is 1. The van der Waals surface area contributed by atoms with Crippen molar-refractivity contribution in [2.45, 2.75) is 31.3 Å². The first-order valence-corrected chi connectivity index (χ1v) is 9.19. The Bertz CT molecular complexity index is 1050. The van der Waals surface area contributed by atoms with E-state index in [1.807, 2.05) is 36.9 Å². The number of pyridine rings is 1. The van der Waals surface area contributed by atoms with Gasteiger partial charge in [-0.15, -0.1) is 0 Å². The van der Waals surface area contributed by atoms with Crippen LogP contribution in [0.25, 0.3) is 10.9 Å². The number of halogens is 1. The summed E-state index contributed by atoms with van der Waals surface area (Å²) in [4.78, 5) is 29.5. The molecule has 28 heavy (non-hydrogen) atoms. The number of benzene rings is 1. The first kappa shape index (κ1) is 18.2. The van der Waals surface area contributed by atoms with Gasteiger partial charge in [0.25, 0.3) is 0 Å². The number of rotatable bonds is 4. The van der Waals surface area contributed by atoms with Gasteiger partial charge in [-0.05, 0) is 35.9 Å². The summed E-state index contributed by atoms with van der Waals surface area (Å²) in [5, 5.41) is 6.39. The van der Waals surface area contributed by atoms with E-state index in [2.05, 4.69) is 15.6 Å². The van der Waals surface area contributed by atoms with Crippen molar-refractivity contribution in [3.8, 4) is 0 Å². The fraction of sp³-hybridized carbons (Fsp3) is 0.286. The van der Waals surface area contributed by atoms with Gasteiger partial charge in [-0.1, -0.05) is 13.0 Å². The summed E-state index contributed by atoms with van der Waals surface area (Å²) < 4.78 is 15.7. The normalized spacial score (nSPS) is 20.7. The molecule has 1 aliphatic heterocycles. The molecule has 2 N–H and O–H groups in total. The molecule has 3 aromatic rings. The fourth-order valence-electron chi connectivity index (χ4n) is 3.81. The molecule has 7 heteroatoms. The number of aromatic nitrogens is 2. The highest BCUT2D eigenvalue weighted by atomic mass is 19.1. The number of aryl methyl sites for hydroxylation is 1. The van der Waals surface area contributed by atoms with Crippen LogP contribution in [0, 0.1) is 5.82 Å². The Kier molecular flexibility index (Phi) is 4.58. The fourth-order valence-corrected chi connectivity index (χ4v) is 3.81. The molecule has 0 saturated carbocycles. The zero-order chi connectivity index (χ0) is 19.8. The van der Waals surface area contributed by atoms with Crippen molar-refractivity contribution in [2.75, 3.05) is 0 Å². The highest BCUT2D eigenvalue weighted by Crippen LogP contribution is 2.30. The van der Waals surface area contributed by atoms with Gasteiger partial charge in [-0.25, -0.2) is 4.39 Å². The largest absolute Gasteiger partial charge is 0.350 e. The van der Waals surface area contributed by atoms with Crippen LogP contribution in [0.15, 0.2) is 48.8 Å². The molecule has 2 aromatic heterocycles. The number of hydrogen-bond donors (Lipinski definition) is 2. The molecule has 0 radical (unpaired) electrons. The summed E-state index contributed by atoms with van der Waals surface area (Å²) in [6, 6.07) is 8.67. The molecule has 0 unspecified atom stereocenters. The predicted molar refractivity (Wildman–Crippen MR) is 103 cm³/mol. The summed E-state index contributed by atoms with van der Waals surface area (Å²) in [5.74, 6) is -1.14. The SMILES string of the molecule is C[C@H](c1cn(C)c2ccc(F)cc12)[C@H]1NC(=O)[C@H](Cc2ccccn2)NC1=O. The predicted octanol–water partition coefficient (Wildman–Crippen LogP) is 2.04. The Balaban J connectivity index is 1.57. The maximum Gasteiger partial charge on any atom is 0.243 e. The van der Waals surface area contributed by atoms with Gasteiger partial charge in [-0.3, -0.25) is 14.6 Å². The third kappa shape index (κ3) is 3.24. The molecule has 144 valence electrons. The lowest BCUT2D eigenvalue weighted by atomic mass is 9.90. The minimum atomic E-state index is -0.721. The second-order valence-corrected chi connectivity index (χ2v) is 7.22. The summed E-state index contributed by atoms with van der Waals surface area (Å²) >= 11 is 0. The van der Waals surface area contributed by atoms with Crippen molar-refractivity contribution in [3.63, 3.8) is 0 Å². The molecule has 0 aliphatic carbocycles. The van der Waals surface area contributed by atoms with E-state index in [4.69, 9.17) is 0 Å². The highest BCUT2D eigenvalue weighted by molar-refractivity contribution is 5.98. The summed E-state index contributed by atoms with van der Waals surface area (Å²) in [7, 11) is 1.87. The molecule has 1 aliphatic rings. The Hall–Kier alpha value is -3.22. The molecule has 1 saturated heterocycles. The highest BCUT2D eigenvalue weighted by Gasteiger charge is 2.38. The van der Waals surface area contributed by atoms with Gasteiger partial charge in [-0.2, -0.15) is 0 Å². The van der Waals surface area contributed by atoms with E-state index >= 15 is 0 Å². The van der Waals surface area contributed by atoms with Crippen molar-refractivity contribution in [2.24, 2.45) is 7.05 Å². The van der Waals surface area contributed by atoms with Crippen LogP contribution in [0.4, 0.5) is 4.39 Å². The summed E-state index contributed by atoms with van der Waals surface area (Å²) in [6.45, 7) is 1.86. The number of amides is 2. The first-order valence-electron chi connectivity index (χ1n) is 9.19. The standard InChI is InChI=1S/C21H21FN4O2/c1-12(16-11-26(2)18-7-6-13(22)9-15(16)18)19-21(28)24-17(20(27)25-19)10-14-5-3-4-8-23-14/h3-9,11-12,17,19H,10H2,1-2H3,(H,24,28)(H,25,27)/t12-,17+,19-/m1/s1. The van der Waals surface area contributed by atoms with Crippen LogP contribution in [-0.2, 0) is 23.1 Å². The van der Waals surface area contributed by atoms with Gasteiger partial charge < -0.3 is 15.2 Å². The van der Waals surface area contributed by atoms with Gasteiger partial charge in [0, 0.05) is 48.4 Å². The quantitative estimate of drug-likeness (QED) is 0.727. The van der Waals surface area contributed by atoms with Gasteiger partial charge in [0.1, 0.15) is 17.9 Å². The minimum absolute atomic E-state index is 0.242. The summed E-state index contributed by atoms with van der Waals surface area (Å²) in [5.41, 5.74) is 2.43. The number of hydrogen-bond acceptors (Lipinski definition) is 3. The average molecular weight is 380 g/mol. The lowest BCUT2D eigenvalue weighted by Crippen LogP contribution is -2.63. The van der Waals surface area contributed by atoms with E-state index in [-0.39, 0.29) is 23.5 Å².